The summed E-state index contributed by atoms with van der Waals surface area (Å²) in [4.78, 5) is 25.1. The third-order valence-corrected chi connectivity index (χ3v) is 3.81. The summed E-state index contributed by atoms with van der Waals surface area (Å²) in [6.07, 6.45) is -0.0684. The maximum Gasteiger partial charge on any atom is 0.307 e. The van der Waals surface area contributed by atoms with Gasteiger partial charge in [-0.15, -0.1) is 0 Å². The first-order valence-corrected chi connectivity index (χ1v) is 8.16. The minimum atomic E-state index is -0.969. The van der Waals surface area contributed by atoms with Crippen LogP contribution in [0, 0.1) is 5.92 Å². The van der Waals surface area contributed by atoms with Gasteiger partial charge in [0.1, 0.15) is 6.79 Å². The van der Waals surface area contributed by atoms with E-state index in [1.54, 1.807) is 14.0 Å². The van der Waals surface area contributed by atoms with Crippen molar-refractivity contribution < 1.29 is 28.9 Å². The highest BCUT2D eigenvalue weighted by Crippen LogP contribution is 2.14. The van der Waals surface area contributed by atoms with Crippen molar-refractivity contribution in [3.8, 4) is 0 Å². The van der Waals surface area contributed by atoms with E-state index in [0.717, 1.165) is 5.56 Å². The average molecular weight is 353 g/mol. The summed E-state index contributed by atoms with van der Waals surface area (Å²) in [7, 11) is 3.16. The zero-order valence-electron chi connectivity index (χ0n) is 15.0. The van der Waals surface area contributed by atoms with Crippen LogP contribution in [0.25, 0.3) is 0 Å². The van der Waals surface area contributed by atoms with Gasteiger partial charge in [0, 0.05) is 27.1 Å². The molecule has 1 unspecified atom stereocenters. The standard InChI is InChI=1S/C18H27NO6/c1-14(23-3)25-13-24-10-9-19(2)17(20)12-16(18(21)22)11-15-7-5-4-6-8-15/h4-8,14,16H,9-13H2,1-3H3,(H,21,22)/t14?,16-/m1/s1. The van der Waals surface area contributed by atoms with Gasteiger partial charge in [0.2, 0.25) is 5.91 Å². The topological polar surface area (TPSA) is 85.3 Å². The van der Waals surface area contributed by atoms with Crippen LogP contribution in [-0.2, 0) is 30.2 Å². The summed E-state index contributed by atoms with van der Waals surface area (Å²) in [5.74, 6) is -1.94. The quantitative estimate of drug-likeness (QED) is 0.455. The molecule has 0 bridgehead atoms. The molecule has 140 valence electrons. The van der Waals surface area contributed by atoms with Crippen LogP contribution in [0.4, 0.5) is 0 Å². The number of amides is 1. The Hall–Kier alpha value is -1.96. The van der Waals surface area contributed by atoms with E-state index < -0.39 is 11.9 Å². The lowest BCUT2D eigenvalue weighted by Gasteiger charge is -2.20. The Bertz CT molecular complexity index is 522. The Kier molecular flexibility index (Phi) is 9.76. The maximum atomic E-state index is 12.2. The highest BCUT2D eigenvalue weighted by atomic mass is 16.7. The van der Waals surface area contributed by atoms with Crippen LogP contribution in [0.1, 0.15) is 18.9 Å². The van der Waals surface area contributed by atoms with Crippen molar-refractivity contribution in [1.82, 2.24) is 4.90 Å². The zero-order chi connectivity index (χ0) is 18.7. The Balaban J connectivity index is 2.36. The highest BCUT2D eigenvalue weighted by molar-refractivity contribution is 5.82. The predicted molar refractivity (Wildman–Crippen MR) is 91.9 cm³/mol. The van der Waals surface area contributed by atoms with Gasteiger partial charge in [-0.3, -0.25) is 9.59 Å². The van der Waals surface area contributed by atoms with Crippen LogP contribution < -0.4 is 0 Å². The van der Waals surface area contributed by atoms with Gasteiger partial charge in [-0.05, 0) is 18.9 Å². The van der Waals surface area contributed by atoms with Crippen molar-refractivity contribution in [2.24, 2.45) is 5.92 Å². The molecule has 1 N–H and O–H groups in total. The number of ether oxygens (including phenoxy) is 3. The first-order valence-electron chi connectivity index (χ1n) is 8.16. The molecule has 1 rings (SSSR count). The number of carbonyl (C=O) groups excluding carboxylic acids is 1. The number of carboxylic acids is 1. The number of carbonyl (C=O) groups is 2. The highest BCUT2D eigenvalue weighted by Gasteiger charge is 2.23. The number of carboxylic acid groups (broad SMARTS) is 1. The molecule has 1 aromatic carbocycles. The van der Waals surface area contributed by atoms with E-state index in [9.17, 15) is 14.7 Å². The Morgan fingerprint density at radius 2 is 1.92 bits per heavy atom. The first-order chi connectivity index (χ1) is 11.9. The van der Waals surface area contributed by atoms with E-state index >= 15 is 0 Å². The van der Waals surface area contributed by atoms with E-state index in [4.69, 9.17) is 14.2 Å². The molecule has 0 saturated heterocycles. The lowest BCUT2D eigenvalue weighted by Crippen LogP contribution is -2.33. The fraction of sp³-hybridized carbons (Fsp3) is 0.556. The molecule has 2 atom stereocenters. The lowest BCUT2D eigenvalue weighted by atomic mass is 9.96. The molecule has 0 fully saturated rings. The molecule has 7 heteroatoms. The van der Waals surface area contributed by atoms with Gasteiger partial charge in [-0.1, -0.05) is 30.3 Å². The molecule has 0 aromatic heterocycles. The lowest BCUT2D eigenvalue weighted by molar-refractivity contribution is -0.175. The van der Waals surface area contributed by atoms with Crippen LogP contribution in [0.2, 0.25) is 0 Å². The number of benzene rings is 1. The van der Waals surface area contributed by atoms with Gasteiger partial charge in [0.15, 0.2) is 6.29 Å². The fourth-order valence-electron chi connectivity index (χ4n) is 2.11. The number of likely N-dealkylation sites (N-methyl/N-ethyl adjacent to an activating group) is 1. The molecule has 7 nitrogen and oxygen atoms in total. The maximum absolute atomic E-state index is 12.2. The zero-order valence-corrected chi connectivity index (χ0v) is 15.0. The minimum absolute atomic E-state index is 0.0437. The van der Waals surface area contributed by atoms with Crippen LogP contribution in [-0.4, -0.2) is 62.3 Å². The van der Waals surface area contributed by atoms with Gasteiger partial charge < -0.3 is 24.2 Å². The number of aliphatic carboxylic acids is 1. The second kappa shape index (κ2) is 11.6. The van der Waals surface area contributed by atoms with Crippen molar-refractivity contribution in [1.29, 1.82) is 0 Å². The molecule has 25 heavy (non-hydrogen) atoms. The van der Waals surface area contributed by atoms with Gasteiger partial charge >= 0.3 is 5.97 Å². The third-order valence-electron chi connectivity index (χ3n) is 3.81. The normalized spacial score (nSPS) is 13.2. The molecular weight excluding hydrogens is 326 g/mol. The monoisotopic (exact) mass is 353 g/mol. The van der Waals surface area contributed by atoms with Gasteiger partial charge in [0.05, 0.1) is 12.5 Å². The molecular formula is C18H27NO6. The summed E-state index contributed by atoms with van der Waals surface area (Å²) in [5, 5.41) is 9.36. The number of hydrogen-bond donors (Lipinski definition) is 1. The minimum Gasteiger partial charge on any atom is -0.481 e. The molecule has 0 aliphatic heterocycles. The van der Waals surface area contributed by atoms with E-state index in [1.807, 2.05) is 30.3 Å². The van der Waals surface area contributed by atoms with Crippen molar-refractivity contribution in [2.45, 2.75) is 26.1 Å². The Morgan fingerprint density at radius 3 is 2.52 bits per heavy atom. The van der Waals surface area contributed by atoms with Crippen molar-refractivity contribution in [3.05, 3.63) is 35.9 Å². The van der Waals surface area contributed by atoms with Gasteiger partial charge in [0.25, 0.3) is 0 Å². The van der Waals surface area contributed by atoms with E-state index in [-0.39, 0.29) is 25.4 Å². The molecule has 0 radical (unpaired) electrons. The molecule has 0 aliphatic rings. The van der Waals surface area contributed by atoms with E-state index in [2.05, 4.69) is 0 Å². The Morgan fingerprint density at radius 1 is 1.24 bits per heavy atom. The average Bonchev–Trinajstić information content (AvgIpc) is 2.61. The predicted octanol–water partition coefficient (Wildman–Crippen LogP) is 1.76. The summed E-state index contributed by atoms with van der Waals surface area (Å²) in [5.41, 5.74) is 0.901. The molecule has 0 aliphatic carbocycles. The van der Waals surface area contributed by atoms with Crippen LogP contribution in [0.5, 0.6) is 0 Å². The van der Waals surface area contributed by atoms with Crippen molar-refractivity contribution in [3.63, 3.8) is 0 Å². The molecule has 0 saturated carbocycles. The van der Waals surface area contributed by atoms with Crippen molar-refractivity contribution >= 4 is 11.9 Å². The number of nitrogens with zero attached hydrogens (tertiary/aromatic N) is 1. The molecule has 0 spiro atoms. The van der Waals surface area contributed by atoms with Crippen molar-refractivity contribution in [2.75, 3.05) is 34.1 Å². The number of methoxy groups -OCH3 is 1. The largest absolute Gasteiger partial charge is 0.481 e. The van der Waals surface area contributed by atoms with Crippen LogP contribution in [0.3, 0.4) is 0 Å². The third kappa shape index (κ3) is 8.62. The Labute approximate surface area is 148 Å². The second-order valence-corrected chi connectivity index (χ2v) is 5.74. The van der Waals surface area contributed by atoms with E-state index in [1.165, 1.54) is 12.0 Å². The molecule has 0 heterocycles. The molecule has 1 aromatic rings. The second-order valence-electron chi connectivity index (χ2n) is 5.74. The molecule has 1 amide bonds. The summed E-state index contributed by atoms with van der Waals surface area (Å²) < 4.78 is 15.3. The van der Waals surface area contributed by atoms with Gasteiger partial charge in [-0.2, -0.15) is 0 Å². The summed E-state index contributed by atoms with van der Waals surface area (Å²) in [6, 6.07) is 9.30. The summed E-state index contributed by atoms with van der Waals surface area (Å²) >= 11 is 0. The number of hydrogen-bond acceptors (Lipinski definition) is 5. The fourth-order valence-corrected chi connectivity index (χ4v) is 2.11. The SMILES string of the molecule is COC(C)OCOCCN(C)C(=O)C[C@@H](Cc1ccccc1)C(=O)O. The summed E-state index contributed by atoms with van der Waals surface area (Å²) in [6.45, 7) is 2.48. The van der Waals surface area contributed by atoms with Crippen LogP contribution >= 0.6 is 0 Å². The van der Waals surface area contributed by atoms with Gasteiger partial charge in [-0.25, -0.2) is 0 Å². The van der Waals surface area contributed by atoms with E-state index in [0.29, 0.717) is 19.6 Å². The number of rotatable bonds is 12. The van der Waals surface area contributed by atoms with Crippen LogP contribution in [0.15, 0.2) is 30.3 Å². The smallest absolute Gasteiger partial charge is 0.307 e. The first kappa shape index (κ1) is 21.1.